The second-order valence-corrected chi connectivity index (χ2v) is 3.48. The molecule has 3 nitrogen and oxygen atoms in total. The molecule has 1 N–H and O–H groups in total. The van der Waals surface area contributed by atoms with Crippen molar-refractivity contribution in [3.8, 4) is 0 Å². The van der Waals surface area contributed by atoms with Gasteiger partial charge in [0.1, 0.15) is 0 Å². The van der Waals surface area contributed by atoms with Crippen LogP contribution in [0, 0.1) is 0 Å². The highest BCUT2D eigenvalue weighted by molar-refractivity contribution is 4.68. The molecule has 86 valence electrons. The van der Waals surface area contributed by atoms with Crippen molar-refractivity contribution < 1.29 is 4.74 Å². The summed E-state index contributed by atoms with van der Waals surface area (Å²) in [5.41, 5.74) is 0. The third-order valence-electron chi connectivity index (χ3n) is 2.58. The molecule has 0 saturated carbocycles. The molecule has 0 rings (SSSR count). The standard InChI is InChI=1S/C11H26N2O/c1-5-11(12-4)10-13(6-2)8-9-14-7-3/h11-12H,5-10H2,1-4H3. The zero-order valence-electron chi connectivity index (χ0n) is 10.2. The highest BCUT2D eigenvalue weighted by atomic mass is 16.5. The molecule has 0 fully saturated rings. The van der Waals surface area contributed by atoms with Gasteiger partial charge in [0.05, 0.1) is 6.61 Å². The van der Waals surface area contributed by atoms with Crippen molar-refractivity contribution in [3.05, 3.63) is 0 Å². The molecule has 3 heteroatoms. The first-order valence-corrected chi connectivity index (χ1v) is 5.75. The summed E-state index contributed by atoms with van der Waals surface area (Å²) in [7, 11) is 2.03. The highest BCUT2D eigenvalue weighted by Gasteiger charge is 2.08. The predicted molar refractivity (Wildman–Crippen MR) is 61.7 cm³/mol. The maximum Gasteiger partial charge on any atom is 0.0593 e. The molecule has 1 atom stereocenters. The van der Waals surface area contributed by atoms with E-state index in [1.807, 2.05) is 14.0 Å². The quantitative estimate of drug-likeness (QED) is 0.571. The lowest BCUT2D eigenvalue weighted by atomic mass is 10.2. The molecule has 0 aliphatic carbocycles. The van der Waals surface area contributed by atoms with Crippen LogP contribution in [-0.2, 0) is 4.74 Å². The van der Waals surface area contributed by atoms with Crippen molar-refractivity contribution >= 4 is 0 Å². The molecular formula is C11H26N2O. The summed E-state index contributed by atoms with van der Waals surface area (Å²) in [6.45, 7) is 11.4. The SMILES string of the molecule is CCOCCN(CC)CC(CC)NC. The highest BCUT2D eigenvalue weighted by Crippen LogP contribution is 1.96. The zero-order chi connectivity index (χ0) is 10.8. The summed E-state index contributed by atoms with van der Waals surface area (Å²) >= 11 is 0. The summed E-state index contributed by atoms with van der Waals surface area (Å²) in [4.78, 5) is 2.43. The van der Waals surface area contributed by atoms with Crippen molar-refractivity contribution in [3.63, 3.8) is 0 Å². The third-order valence-corrected chi connectivity index (χ3v) is 2.58. The smallest absolute Gasteiger partial charge is 0.0593 e. The van der Waals surface area contributed by atoms with E-state index < -0.39 is 0 Å². The summed E-state index contributed by atoms with van der Waals surface area (Å²) in [6.07, 6.45) is 1.18. The van der Waals surface area contributed by atoms with Gasteiger partial charge in [0.15, 0.2) is 0 Å². The summed E-state index contributed by atoms with van der Waals surface area (Å²) < 4.78 is 5.35. The van der Waals surface area contributed by atoms with E-state index in [0.29, 0.717) is 6.04 Å². The molecule has 0 radical (unpaired) electrons. The van der Waals surface area contributed by atoms with Crippen molar-refractivity contribution in [1.29, 1.82) is 0 Å². The Balaban J connectivity index is 3.65. The van der Waals surface area contributed by atoms with E-state index in [4.69, 9.17) is 4.74 Å². The monoisotopic (exact) mass is 202 g/mol. The van der Waals surface area contributed by atoms with Crippen molar-refractivity contribution in [2.24, 2.45) is 0 Å². The van der Waals surface area contributed by atoms with E-state index in [0.717, 1.165) is 32.8 Å². The zero-order valence-corrected chi connectivity index (χ0v) is 10.2. The molecule has 0 aromatic rings. The average molecular weight is 202 g/mol. The Morgan fingerprint density at radius 1 is 1.29 bits per heavy atom. The second kappa shape index (κ2) is 9.44. The Labute approximate surface area is 88.8 Å². The van der Waals surface area contributed by atoms with Gasteiger partial charge in [-0.25, -0.2) is 0 Å². The van der Waals surface area contributed by atoms with Crippen molar-refractivity contribution in [2.45, 2.75) is 33.2 Å². The molecule has 0 aromatic carbocycles. The fraction of sp³-hybridized carbons (Fsp3) is 1.00. The lowest BCUT2D eigenvalue weighted by molar-refractivity contribution is 0.111. The molecule has 0 amide bonds. The van der Waals surface area contributed by atoms with Gasteiger partial charge < -0.3 is 10.1 Å². The molecule has 0 spiro atoms. The first-order valence-electron chi connectivity index (χ1n) is 5.75. The maximum atomic E-state index is 5.35. The van der Waals surface area contributed by atoms with Crippen LogP contribution in [0.4, 0.5) is 0 Å². The number of nitrogens with zero attached hydrogens (tertiary/aromatic N) is 1. The van der Waals surface area contributed by atoms with Crippen LogP contribution in [0.2, 0.25) is 0 Å². The number of rotatable bonds is 9. The molecule has 0 aliphatic heterocycles. The topological polar surface area (TPSA) is 24.5 Å². The summed E-state index contributed by atoms with van der Waals surface area (Å²) in [5.74, 6) is 0. The van der Waals surface area contributed by atoms with Gasteiger partial charge >= 0.3 is 0 Å². The van der Waals surface area contributed by atoms with Crippen LogP contribution >= 0.6 is 0 Å². The molecule has 0 bridgehead atoms. The van der Waals surface area contributed by atoms with Crippen LogP contribution in [0.1, 0.15) is 27.2 Å². The second-order valence-electron chi connectivity index (χ2n) is 3.48. The van der Waals surface area contributed by atoms with E-state index in [1.54, 1.807) is 0 Å². The third kappa shape index (κ3) is 6.35. The molecule has 0 saturated heterocycles. The van der Waals surface area contributed by atoms with E-state index >= 15 is 0 Å². The number of likely N-dealkylation sites (N-methyl/N-ethyl adjacent to an activating group) is 2. The molecular weight excluding hydrogens is 176 g/mol. The molecule has 0 heterocycles. The van der Waals surface area contributed by atoms with Crippen molar-refractivity contribution in [2.75, 3.05) is 39.9 Å². The van der Waals surface area contributed by atoms with Crippen LogP contribution in [-0.4, -0.2) is 50.8 Å². The molecule has 14 heavy (non-hydrogen) atoms. The Bertz CT molecular complexity index is 116. The van der Waals surface area contributed by atoms with Gasteiger partial charge in [0.25, 0.3) is 0 Å². The minimum atomic E-state index is 0.608. The van der Waals surface area contributed by atoms with Gasteiger partial charge in [-0.1, -0.05) is 13.8 Å². The van der Waals surface area contributed by atoms with Gasteiger partial charge in [0.2, 0.25) is 0 Å². The Morgan fingerprint density at radius 3 is 2.43 bits per heavy atom. The van der Waals surface area contributed by atoms with E-state index in [-0.39, 0.29) is 0 Å². The van der Waals surface area contributed by atoms with Crippen LogP contribution in [0.15, 0.2) is 0 Å². The van der Waals surface area contributed by atoms with Crippen molar-refractivity contribution in [1.82, 2.24) is 10.2 Å². The molecule has 0 aliphatic rings. The number of nitrogens with one attached hydrogen (secondary N) is 1. The normalized spacial score (nSPS) is 13.5. The lowest BCUT2D eigenvalue weighted by Crippen LogP contribution is -2.40. The first kappa shape index (κ1) is 13.9. The van der Waals surface area contributed by atoms with Crippen LogP contribution in [0.25, 0.3) is 0 Å². The fourth-order valence-corrected chi connectivity index (χ4v) is 1.45. The summed E-state index contributed by atoms with van der Waals surface area (Å²) in [5, 5.41) is 3.32. The number of hydrogen-bond acceptors (Lipinski definition) is 3. The molecule has 0 aromatic heterocycles. The predicted octanol–water partition coefficient (Wildman–Crippen LogP) is 1.34. The minimum absolute atomic E-state index is 0.608. The Morgan fingerprint density at radius 2 is 2.00 bits per heavy atom. The largest absolute Gasteiger partial charge is 0.380 e. The van der Waals surface area contributed by atoms with Gasteiger partial charge in [-0.05, 0) is 26.9 Å². The lowest BCUT2D eigenvalue weighted by Gasteiger charge is -2.25. The number of hydrogen-bond donors (Lipinski definition) is 1. The van der Waals surface area contributed by atoms with Crippen LogP contribution in [0.5, 0.6) is 0 Å². The van der Waals surface area contributed by atoms with Gasteiger partial charge in [-0.15, -0.1) is 0 Å². The first-order chi connectivity index (χ1) is 6.78. The van der Waals surface area contributed by atoms with Gasteiger partial charge in [-0.2, -0.15) is 0 Å². The van der Waals surface area contributed by atoms with Crippen LogP contribution < -0.4 is 5.32 Å². The Kier molecular flexibility index (Phi) is 9.35. The molecule has 1 unspecified atom stereocenters. The van der Waals surface area contributed by atoms with Crippen LogP contribution in [0.3, 0.4) is 0 Å². The fourth-order valence-electron chi connectivity index (χ4n) is 1.45. The average Bonchev–Trinajstić information content (AvgIpc) is 2.23. The van der Waals surface area contributed by atoms with Gasteiger partial charge in [-0.3, -0.25) is 4.90 Å². The van der Waals surface area contributed by atoms with Gasteiger partial charge in [0, 0.05) is 25.7 Å². The number of ether oxygens (including phenoxy) is 1. The minimum Gasteiger partial charge on any atom is -0.380 e. The van der Waals surface area contributed by atoms with E-state index in [9.17, 15) is 0 Å². The van der Waals surface area contributed by atoms with E-state index in [1.165, 1.54) is 6.42 Å². The van der Waals surface area contributed by atoms with E-state index in [2.05, 4.69) is 24.1 Å². The summed E-state index contributed by atoms with van der Waals surface area (Å²) in [6, 6.07) is 0.608. The maximum absolute atomic E-state index is 5.35. The Hall–Kier alpha value is -0.120.